The number of pyridine rings is 1. The van der Waals surface area contributed by atoms with E-state index in [9.17, 15) is 14.7 Å². The van der Waals surface area contributed by atoms with E-state index in [1.54, 1.807) is 23.2 Å². The minimum absolute atomic E-state index is 0.170. The molecule has 6 heteroatoms. The van der Waals surface area contributed by atoms with Crippen LogP contribution < -0.4 is 0 Å². The van der Waals surface area contributed by atoms with Crippen LogP contribution in [-0.2, 0) is 4.79 Å². The molecule has 1 aliphatic heterocycles. The summed E-state index contributed by atoms with van der Waals surface area (Å²) in [6, 6.07) is 3.38. The van der Waals surface area contributed by atoms with Gasteiger partial charge in [0, 0.05) is 19.3 Å². The van der Waals surface area contributed by atoms with Crippen molar-refractivity contribution < 1.29 is 14.7 Å². The van der Waals surface area contributed by atoms with Gasteiger partial charge in [-0.25, -0.2) is 4.98 Å². The van der Waals surface area contributed by atoms with Gasteiger partial charge < -0.3 is 10.0 Å². The molecule has 1 N–H and O–H groups in total. The van der Waals surface area contributed by atoms with E-state index in [-0.39, 0.29) is 12.5 Å². The lowest BCUT2D eigenvalue weighted by Gasteiger charge is -2.23. The van der Waals surface area contributed by atoms with Crippen LogP contribution in [0.2, 0.25) is 0 Å². The molecule has 1 fully saturated rings. The van der Waals surface area contributed by atoms with Crippen LogP contribution in [0.3, 0.4) is 0 Å². The minimum atomic E-state index is -0.824. The molecule has 5 nitrogen and oxygen atoms in total. The van der Waals surface area contributed by atoms with Crippen LogP contribution in [-0.4, -0.2) is 40.0 Å². The predicted molar refractivity (Wildman–Crippen MR) is 72.8 cm³/mol. The molecule has 0 saturated carbocycles. The molecule has 0 aromatic carbocycles. The first-order valence-corrected chi connectivity index (χ1v) is 6.92. The third-order valence-corrected chi connectivity index (χ3v) is 4.39. The Labute approximate surface area is 119 Å². The van der Waals surface area contributed by atoms with E-state index in [0.29, 0.717) is 29.6 Å². The fourth-order valence-corrected chi connectivity index (χ4v) is 2.80. The molecule has 1 atom stereocenters. The number of carbonyl (C=O) groups excluding carboxylic acids is 1. The highest BCUT2D eigenvalue weighted by molar-refractivity contribution is 9.10. The number of aliphatic carboxylic acids is 1. The largest absolute Gasteiger partial charge is 0.481 e. The molecular formula is C13H15BrN2O3. The summed E-state index contributed by atoms with van der Waals surface area (Å²) in [5, 5.41) is 9.33. The third-order valence-electron chi connectivity index (χ3n) is 3.76. The number of amides is 1. The Balaban J connectivity index is 2.20. The maximum atomic E-state index is 12.4. The minimum Gasteiger partial charge on any atom is -0.481 e. The lowest BCUT2D eigenvalue weighted by Crippen LogP contribution is -2.36. The van der Waals surface area contributed by atoms with Gasteiger partial charge in [0.25, 0.3) is 5.91 Å². The molecule has 19 heavy (non-hydrogen) atoms. The highest BCUT2D eigenvalue weighted by Gasteiger charge is 2.45. The lowest BCUT2D eigenvalue weighted by atomic mass is 9.84. The smallest absolute Gasteiger partial charge is 0.311 e. The summed E-state index contributed by atoms with van der Waals surface area (Å²) >= 11 is 3.24. The molecule has 1 aliphatic rings. The quantitative estimate of drug-likeness (QED) is 0.864. The van der Waals surface area contributed by atoms with Crippen LogP contribution in [0.5, 0.6) is 0 Å². The number of likely N-dealkylation sites (tertiary alicyclic amines) is 1. The van der Waals surface area contributed by atoms with E-state index in [4.69, 9.17) is 0 Å². The second-order valence-corrected chi connectivity index (χ2v) is 5.51. The van der Waals surface area contributed by atoms with Gasteiger partial charge in [-0.3, -0.25) is 9.59 Å². The molecule has 0 radical (unpaired) electrons. The first kappa shape index (κ1) is 14.0. The maximum absolute atomic E-state index is 12.4. The van der Waals surface area contributed by atoms with Crippen molar-refractivity contribution in [1.29, 1.82) is 0 Å². The lowest BCUT2D eigenvalue weighted by molar-refractivity contribution is -0.148. The Morgan fingerprint density at radius 3 is 2.84 bits per heavy atom. The highest BCUT2D eigenvalue weighted by atomic mass is 79.9. The van der Waals surface area contributed by atoms with E-state index in [2.05, 4.69) is 20.9 Å². The van der Waals surface area contributed by atoms with Crippen LogP contribution in [0.1, 0.15) is 30.1 Å². The van der Waals surface area contributed by atoms with Gasteiger partial charge in [0.1, 0.15) is 4.60 Å². The first-order valence-electron chi connectivity index (χ1n) is 6.13. The van der Waals surface area contributed by atoms with Crippen molar-refractivity contribution in [2.45, 2.75) is 19.8 Å². The van der Waals surface area contributed by atoms with Gasteiger partial charge in [0.05, 0.1) is 11.0 Å². The average molecular weight is 327 g/mol. The standard InChI is InChI=1S/C13H15BrN2O3/c1-2-13(12(18)19)5-7-16(8-13)11(17)9-4-3-6-15-10(9)14/h3-4,6H,2,5,7-8H2,1H3,(H,18,19). The number of carboxylic acids is 1. The van der Waals surface area contributed by atoms with E-state index < -0.39 is 11.4 Å². The molecule has 2 rings (SSSR count). The molecule has 0 spiro atoms. The number of carbonyl (C=O) groups is 2. The van der Waals surface area contributed by atoms with Crippen LogP contribution in [0.4, 0.5) is 0 Å². The molecule has 0 aliphatic carbocycles. The summed E-state index contributed by atoms with van der Waals surface area (Å²) in [5.41, 5.74) is -0.329. The van der Waals surface area contributed by atoms with Gasteiger partial charge in [-0.2, -0.15) is 0 Å². The summed E-state index contributed by atoms with van der Waals surface area (Å²) in [5.74, 6) is -0.993. The van der Waals surface area contributed by atoms with Crippen molar-refractivity contribution in [1.82, 2.24) is 9.88 Å². The maximum Gasteiger partial charge on any atom is 0.311 e. The zero-order valence-electron chi connectivity index (χ0n) is 10.6. The van der Waals surface area contributed by atoms with Crippen molar-refractivity contribution in [2.24, 2.45) is 5.41 Å². The van der Waals surface area contributed by atoms with Crippen molar-refractivity contribution in [2.75, 3.05) is 13.1 Å². The molecule has 0 bridgehead atoms. The molecule has 1 aromatic rings. The van der Waals surface area contributed by atoms with Gasteiger partial charge in [-0.1, -0.05) is 6.92 Å². The summed E-state index contributed by atoms with van der Waals surface area (Å²) in [6.45, 7) is 2.58. The number of halogens is 1. The Kier molecular flexibility index (Phi) is 3.89. The molecule has 1 aromatic heterocycles. The highest BCUT2D eigenvalue weighted by Crippen LogP contribution is 2.35. The predicted octanol–water partition coefficient (Wildman–Crippen LogP) is 2.17. The summed E-state index contributed by atoms with van der Waals surface area (Å²) in [6.07, 6.45) is 2.63. The van der Waals surface area contributed by atoms with Crippen molar-refractivity contribution in [3.8, 4) is 0 Å². The summed E-state index contributed by atoms with van der Waals surface area (Å²) < 4.78 is 0.490. The van der Waals surface area contributed by atoms with E-state index >= 15 is 0 Å². The Morgan fingerprint density at radius 2 is 2.32 bits per heavy atom. The van der Waals surface area contributed by atoms with E-state index in [0.717, 1.165) is 0 Å². The monoisotopic (exact) mass is 326 g/mol. The second kappa shape index (κ2) is 5.28. The number of rotatable bonds is 3. The number of carboxylic acid groups (broad SMARTS) is 1. The molecular weight excluding hydrogens is 312 g/mol. The average Bonchev–Trinajstić information content (AvgIpc) is 2.84. The fourth-order valence-electron chi connectivity index (χ4n) is 2.38. The van der Waals surface area contributed by atoms with Gasteiger partial charge in [-0.15, -0.1) is 0 Å². The van der Waals surface area contributed by atoms with E-state index in [1.807, 2.05) is 6.92 Å². The zero-order valence-corrected chi connectivity index (χ0v) is 12.2. The first-order chi connectivity index (χ1) is 9.00. The molecule has 102 valence electrons. The SMILES string of the molecule is CCC1(C(=O)O)CCN(C(=O)c2cccnc2Br)C1. The third kappa shape index (κ3) is 2.49. The van der Waals surface area contributed by atoms with Gasteiger partial charge in [0.15, 0.2) is 0 Å². The molecule has 1 amide bonds. The van der Waals surface area contributed by atoms with Gasteiger partial charge in [-0.05, 0) is 40.9 Å². The zero-order chi connectivity index (χ0) is 14.0. The fraction of sp³-hybridized carbons (Fsp3) is 0.462. The molecule has 2 heterocycles. The number of hydrogen-bond acceptors (Lipinski definition) is 3. The number of nitrogens with zero attached hydrogens (tertiary/aromatic N) is 2. The normalized spacial score (nSPS) is 22.5. The van der Waals surface area contributed by atoms with Crippen LogP contribution in [0, 0.1) is 5.41 Å². The number of aromatic nitrogens is 1. The van der Waals surface area contributed by atoms with E-state index in [1.165, 1.54) is 0 Å². The van der Waals surface area contributed by atoms with Crippen LogP contribution in [0.25, 0.3) is 0 Å². The van der Waals surface area contributed by atoms with Gasteiger partial charge in [0.2, 0.25) is 0 Å². The van der Waals surface area contributed by atoms with Crippen molar-refractivity contribution in [3.63, 3.8) is 0 Å². The Morgan fingerprint density at radius 1 is 1.58 bits per heavy atom. The van der Waals surface area contributed by atoms with Crippen molar-refractivity contribution in [3.05, 3.63) is 28.5 Å². The summed E-state index contributed by atoms with van der Waals surface area (Å²) in [4.78, 5) is 29.3. The molecule has 1 unspecified atom stereocenters. The Bertz CT molecular complexity index is 520. The Hall–Kier alpha value is -1.43. The van der Waals surface area contributed by atoms with Crippen molar-refractivity contribution >= 4 is 27.8 Å². The topological polar surface area (TPSA) is 70.5 Å². The molecule has 1 saturated heterocycles. The number of hydrogen-bond donors (Lipinski definition) is 1. The van der Waals surface area contributed by atoms with Gasteiger partial charge >= 0.3 is 5.97 Å². The van der Waals surface area contributed by atoms with Crippen LogP contribution >= 0.6 is 15.9 Å². The summed E-state index contributed by atoms with van der Waals surface area (Å²) in [7, 11) is 0. The second-order valence-electron chi connectivity index (χ2n) is 4.76. The van der Waals surface area contributed by atoms with Crippen LogP contribution in [0.15, 0.2) is 22.9 Å².